The number of anilines is 1. The third-order valence-corrected chi connectivity index (χ3v) is 3.82. The molecule has 2 rings (SSSR count). The van der Waals surface area contributed by atoms with Crippen LogP contribution < -0.4 is 10.6 Å². The summed E-state index contributed by atoms with van der Waals surface area (Å²) in [5.74, 6) is 0.161. The van der Waals surface area contributed by atoms with E-state index >= 15 is 0 Å². The van der Waals surface area contributed by atoms with Crippen molar-refractivity contribution in [3.63, 3.8) is 0 Å². The maximum absolute atomic E-state index is 12.0. The number of hydrogen-bond acceptors (Lipinski definition) is 3. The Bertz CT molecular complexity index is 511. The van der Waals surface area contributed by atoms with Gasteiger partial charge in [0.15, 0.2) is 5.11 Å². The van der Waals surface area contributed by atoms with Crippen molar-refractivity contribution in [3.05, 3.63) is 23.8 Å². The second kappa shape index (κ2) is 6.70. The molecule has 0 spiro atoms. The number of carbonyl (C=O) groups is 1. The molecule has 20 heavy (non-hydrogen) atoms. The van der Waals surface area contributed by atoms with E-state index in [-0.39, 0.29) is 22.7 Å². The third kappa shape index (κ3) is 3.93. The van der Waals surface area contributed by atoms with E-state index in [4.69, 9.17) is 12.2 Å². The summed E-state index contributed by atoms with van der Waals surface area (Å²) in [4.78, 5) is 12.0. The molecule has 0 aromatic heterocycles. The predicted molar refractivity (Wildman–Crippen MR) is 83.8 cm³/mol. The molecule has 0 unspecified atom stereocenters. The van der Waals surface area contributed by atoms with E-state index in [0.717, 1.165) is 31.2 Å². The van der Waals surface area contributed by atoms with E-state index in [0.29, 0.717) is 5.69 Å². The minimum Gasteiger partial charge on any atom is -0.506 e. The Labute approximate surface area is 124 Å². The first kappa shape index (κ1) is 14.8. The quantitative estimate of drug-likeness (QED) is 0.579. The molecule has 0 heterocycles. The standard InChI is InChI=1S/C15H20N2O2S/c1-10-7-8-13(18)12(9-10)16-15(20)17-14(19)11-5-3-2-4-6-11/h7-9,11,18H,2-6H2,1H3,(H2,16,17,19,20). The van der Waals surface area contributed by atoms with E-state index < -0.39 is 0 Å². The Morgan fingerprint density at radius 2 is 2.00 bits per heavy atom. The highest BCUT2D eigenvalue weighted by Crippen LogP contribution is 2.25. The van der Waals surface area contributed by atoms with Gasteiger partial charge in [0.2, 0.25) is 5.91 Å². The van der Waals surface area contributed by atoms with Gasteiger partial charge in [-0.1, -0.05) is 25.3 Å². The number of thiocarbonyl (C=S) groups is 1. The van der Waals surface area contributed by atoms with Crippen molar-refractivity contribution in [1.82, 2.24) is 5.32 Å². The van der Waals surface area contributed by atoms with Crippen LogP contribution in [-0.4, -0.2) is 16.1 Å². The van der Waals surface area contributed by atoms with Gasteiger partial charge in [0.25, 0.3) is 0 Å². The van der Waals surface area contributed by atoms with Gasteiger partial charge in [-0.25, -0.2) is 0 Å². The monoisotopic (exact) mass is 292 g/mol. The summed E-state index contributed by atoms with van der Waals surface area (Å²) < 4.78 is 0. The summed E-state index contributed by atoms with van der Waals surface area (Å²) >= 11 is 5.13. The molecule has 1 aliphatic rings. The lowest BCUT2D eigenvalue weighted by molar-refractivity contribution is -0.124. The highest BCUT2D eigenvalue weighted by atomic mass is 32.1. The lowest BCUT2D eigenvalue weighted by Crippen LogP contribution is -2.39. The number of amides is 1. The molecule has 3 N–H and O–H groups in total. The lowest BCUT2D eigenvalue weighted by atomic mass is 9.89. The molecule has 0 radical (unpaired) electrons. The van der Waals surface area contributed by atoms with Gasteiger partial charge in [-0.3, -0.25) is 4.79 Å². The van der Waals surface area contributed by atoms with E-state index in [1.54, 1.807) is 12.1 Å². The largest absolute Gasteiger partial charge is 0.506 e. The van der Waals surface area contributed by atoms with E-state index in [1.165, 1.54) is 6.42 Å². The first-order valence-corrected chi connectivity index (χ1v) is 7.38. The Balaban J connectivity index is 1.91. The van der Waals surface area contributed by atoms with Crippen molar-refractivity contribution in [1.29, 1.82) is 0 Å². The number of nitrogens with one attached hydrogen (secondary N) is 2. The first-order chi connectivity index (χ1) is 9.56. The average molecular weight is 292 g/mol. The Kier molecular flexibility index (Phi) is 4.95. The molecule has 108 valence electrons. The maximum Gasteiger partial charge on any atom is 0.229 e. The van der Waals surface area contributed by atoms with Gasteiger partial charge in [0, 0.05) is 5.92 Å². The van der Waals surface area contributed by atoms with Gasteiger partial charge in [-0.05, 0) is 49.7 Å². The van der Waals surface area contributed by atoms with Crippen LogP contribution in [0, 0.1) is 12.8 Å². The van der Waals surface area contributed by atoms with Crippen LogP contribution in [0.3, 0.4) is 0 Å². The minimum absolute atomic E-state index is 0.0191. The van der Waals surface area contributed by atoms with Gasteiger partial charge in [0.1, 0.15) is 5.75 Å². The molecule has 5 heteroatoms. The smallest absolute Gasteiger partial charge is 0.229 e. The molecular formula is C15H20N2O2S. The second-order valence-corrected chi connectivity index (χ2v) is 5.71. The van der Waals surface area contributed by atoms with Gasteiger partial charge >= 0.3 is 0 Å². The molecule has 1 fully saturated rings. The van der Waals surface area contributed by atoms with Crippen molar-refractivity contribution in [2.45, 2.75) is 39.0 Å². The van der Waals surface area contributed by atoms with Crippen molar-refractivity contribution in [2.24, 2.45) is 5.92 Å². The van der Waals surface area contributed by atoms with Crippen molar-refractivity contribution >= 4 is 28.9 Å². The molecule has 4 nitrogen and oxygen atoms in total. The summed E-state index contributed by atoms with van der Waals surface area (Å²) in [6.45, 7) is 1.92. The van der Waals surface area contributed by atoms with Crippen LogP contribution in [0.15, 0.2) is 18.2 Å². The zero-order valence-electron chi connectivity index (χ0n) is 11.6. The Morgan fingerprint density at radius 3 is 2.70 bits per heavy atom. The number of phenols is 1. The number of carbonyl (C=O) groups excluding carboxylic acids is 1. The Hall–Kier alpha value is -1.62. The van der Waals surface area contributed by atoms with Crippen molar-refractivity contribution in [3.8, 4) is 5.75 Å². The number of aryl methyl sites for hydroxylation is 1. The van der Waals surface area contributed by atoms with E-state index in [2.05, 4.69) is 10.6 Å². The minimum atomic E-state index is -0.0191. The number of aromatic hydroxyl groups is 1. The van der Waals surface area contributed by atoms with Crippen LogP contribution in [-0.2, 0) is 4.79 Å². The molecule has 1 amide bonds. The highest BCUT2D eigenvalue weighted by molar-refractivity contribution is 7.80. The Morgan fingerprint density at radius 1 is 1.30 bits per heavy atom. The molecule has 0 bridgehead atoms. The molecule has 0 aliphatic heterocycles. The summed E-state index contributed by atoms with van der Waals surface area (Å²) in [6.07, 6.45) is 5.30. The van der Waals surface area contributed by atoms with Crippen LogP contribution in [0.5, 0.6) is 5.75 Å². The average Bonchev–Trinajstić information content (AvgIpc) is 2.43. The van der Waals surface area contributed by atoms with Gasteiger partial charge in [-0.2, -0.15) is 0 Å². The van der Waals surface area contributed by atoms with Crippen LogP contribution in [0.25, 0.3) is 0 Å². The highest BCUT2D eigenvalue weighted by Gasteiger charge is 2.21. The van der Waals surface area contributed by atoms with E-state index in [1.807, 2.05) is 13.0 Å². The summed E-state index contributed by atoms with van der Waals surface area (Å²) in [5.41, 5.74) is 1.52. The normalized spacial score (nSPS) is 15.7. The predicted octanol–water partition coefficient (Wildman–Crippen LogP) is 3.09. The van der Waals surface area contributed by atoms with Crippen molar-refractivity contribution in [2.75, 3.05) is 5.32 Å². The van der Waals surface area contributed by atoms with Crippen LogP contribution >= 0.6 is 12.2 Å². The zero-order valence-corrected chi connectivity index (χ0v) is 12.4. The molecule has 1 aromatic rings. The van der Waals surface area contributed by atoms with Crippen molar-refractivity contribution < 1.29 is 9.90 Å². The lowest BCUT2D eigenvalue weighted by Gasteiger charge is -2.21. The number of hydrogen-bond donors (Lipinski definition) is 3. The van der Waals surface area contributed by atoms with Gasteiger partial charge in [-0.15, -0.1) is 0 Å². The maximum atomic E-state index is 12.0. The summed E-state index contributed by atoms with van der Waals surface area (Å²) in [5, 5.41) is 15.6. The molecule has 1 aliphatic carbocycles. The molecule has 0 saturated heterocycles. The summed E-state index contributed by atoms with van der Waals surface area (Å²) in [7, 11) is 0. The van der Waals surface area contributed by atoms with Crippen LogP contribution in [0.1, 0.15) is 37.7 Å². The van der Waals surface area contributed by atoms with Gasteiger partial charge in [0.05, 0.1) is 5.69 Å². The van der Waals surface area contributed by atoms with Crippen LogP contribution in [0.2, 0.25) is 0 Å². The SMILES string of the molecule is Cc1ccc(O)c(NC(=S)NC(=O)C2CCCCC2)c1. The van der Waals surface area contributed by atoms with Gasteiger partial charge < -0.3 is 15.7 Å². The number of rotatable bonds is 2. The molecule has 1 saturated carbocycles. The molecular weight excluding hydrogens is 272 g/mol. The number of phenolic OH excluding ortho intramolecular Hbond substituents is 1. The topological polar surface area (TPSA) is 61.4 Å². The molecule has 0 atom stereocenters. The number of benzene rings is 1. The summed E-state index contributed by atoms with van der Waals surface area (Å²) in [6, 6.07) is 5.20. The molecule has 1 aromatic carbocycles. The van der Waals surface area contributed by atoms with Crippen LogP contribution in [0.4, 0.5) is 5.69 Å². The fourth-order valence-electron chi connectivity index (χ4n) is 2.48. The first-order valence-electron chi connectivity index (χ1n) is 6.98. The van der Waals surface area contributed by atoms with E-state index in [9.17, 15) is 9.90 Å². The third-order valence-electron chi connectivity index (χ3n) is 3.61. The second-order valence-electron chi connectivity index (χ2n) is 5.30. The zero-order chi connectivity index (χ0) is 14.5. The fraction of sp³-hybridized carbons (Fsp3) is 0.467. The fourth-order valence-corrected chi connectivity index (χ4v) is 2.69.